The number of aromatic hydroxyl groups is 7. The molecule has 7 N–H and O–H groups in total. The number of phenolic OH excluding ortho intramolecular Hbond substituents is 7. The maximum Gasteiger partial charge on any atom is 0.171 e. The summed E-state index contributed by atoms with van der Waals surface area (Å²) in [4.78, 5) is 14.3. The summed E-state index contributed by atoms with van der Waals surface area (Å²) in [5.41, 5.74) is 1.87. The maximum atomic E-state index is 14.3. The minimum absolute atomic E-state index is 0.0240. The normalized spacial score (nSPS) is 18.4. The molecule has 4 aromatic carbocycles. The van der Waals surface area contributed by atoms with Crippen molar-refractivity contribution in [3.05, 3.63) is 101 Å². The smallest absolute Gasteiger partial charge is 0.171 e. The molecule has 1 heterocycles. The molecular formula is C34H28O9. The second kappa shape index (κ2) is 10.4. The van der Waals surface area contributed by atoms with Gasteiger partial charge in [0, 0.05) is 47.1 Å². The van der Waals surface area contributed by atoms with Crippen LogP contribution in [0.4, 0.5) is 0 Å². The highest BCUT2D eigenvalue weighted by Gasteiger charge is 2.43. The van der Waals surface area contributed by atoms with E-state index in [0.29, 0.717) is 23.3 Å². The Kier molecular flexibility index (Phi) is 6.65. The number of carbonyl (C=O) groups is 1. The van der Waals surface area contributed by atoms with Crippen LogP contribution in [0.1, 0.15) is 46.7 Å². The zero-order valence-electron chi connectivity index (χ0n) is 22.9. The molecule has 0 fully saturated rings. The summed E-state index contributed by atoms with van der Waals surface area (Å²) in [7, 11) is 0. The van der Waals surface area contributed by atoms with Crippen LogP contribution >= 0.6 is 0 Å². The number of fused-ring (bicyclic) bond motifs is 1. The van der Waals surface area contributed by atoms with Crippen LogP contribution in [0.25, 0.3) is 22.3 Å². The number of furan rings is 1. The SMILES string of the molecule is CC1=CC(c2c(O)cc3oc(-c4cccc(O)c4)cc3c2O)C(C(=O)c2ccc(O)cc2O)C(c2ccc(O)cc2O)C1. The number of ketones is 1. The van der Waals surface area contributed by atoms with E-state index >= 15 is 0 Å². The van der Waals surface area contributed by atoms with Gasteiger partial charge in [0.15, 0.2) is 5.78 Å². The topological polar surface area (TPSA) is 172 Å². The largest absolute Gasteiger partial charge is 0.508 e. The zero-order valence-corrected chi connectivity index (χ0v) is 22.9. The Morgan fingerprint density at radius 3 is 2.16 bits per heavy atom. The van der Waals surface area contributed by atoms with Gasteiger partial charge < -0.3 is 40.2 Å². The first-order valence-electron chi connectivity index (χ1n) is 13.5. The van der Waals surface area contributed by atoms with E-state index in [0.717, 1.165) is 11.6 Å². The second-order valence-corrected chi connectivity index (χ2v) is 10.9. The Morgan fingerprint density at radius 2 is 1.47 bits per heavy atom. The van der Waals surface area contributed by atoms with Crippen LogP contribution < -0.4 is 0 Å². The van der Waals surface area contributed by atoms with Gasteiger partial charge in [-0.2, -0.15) is 0 Å². The number of allylic oxidation sites excluding steroid dienone is 2. The van der Waals surface area contributed by atoms with E-state index < -0.39 is 29.3 Å². The average molecular weight is 581 g/mol. The molecule has 1 aliphatic rings. The maximum absolute atomic E-state index is 14.3. The summed E-state index contributed by atoms with van der Waals surface area (Å²) in [6.45, 7) is 1.83. The molecule has 3 unspecified atom stereocenters. The van der Waals surface area contributed by atoms with Crippen LogP contribution in [0.15, 0.2) is 88.9 Å². The van der Waals surface area contributed by atoms with E-state index in [1.54, 1.807) is 24.3 Å². The summed E-state index contributed by atoms with van der Waals surface area (Å²) in [5.74, 6) is -4.60. The lowest BCUT2D eigenvalue weighted by atomic mass is 9.65. The van der Waals surface area contributed by atoms with Crippen molar-refractivity contribution in [1.82, 2.24) is 0 Å². The molecule has 43 heavy (non-hydrogen) atoms. The van der Waals surface area contributed by atoms with Crippen LogP contribution in [-0.4, -0.2) is 41.5 Å². The Labute approximate surface area is 245 Å². The summed E-state index contributed by atoms with van der Waals surface area (Å²) in [6.07, 6.45) is 2.09. The highest BCUT2D eigenvalue weighted by molar-refractivity contribution is 6.02. The number of rotatable bonds is 5. The summed E-state index contributed by atoms with van der Waals surface area (Å²) < 4.78 is 5.90. The van der Waals surface area contributed by atoms with E-state index in [2.05, 4.69) is 0 Å². The number of Topliss-reactive ketones (excluding diaryl/α,β-unsaturated/α-hetero) is 1. The van der Waals surface area contributed by atoms with Crippen molar-refractivity contribution in [2.24, 2.45) is 5.92 Å². The molecule has 9 nitrogen and oxygen atoms in total. The Hall–Kier alpha value is -5.57. The average Bonchev–Trinajstić information content (AvgIpc) is 3.37. The Morgan fingerprint density at radius 1 is 0.767 bits per heavy atom. The first kappa shape index (κ1) is 27.6. The second-order valence-electron chi connectivity index (χ2n) is 10.9. The van der Waals surface area contributed by atoms with Crippen molar-refractivity contribution in [2.45, 2.75) is 25.2 Å². The number of hydrogen-bond acceptors (Lipinski definition) is 9. The van der Waals surface area contributed by atoms with Crippen molar-refractivity contribution in [1.29, 1.82) is 0 Å². The number of hydrogen-bond donors (Lipinski definition) is 7. The molecule has 0 saturated carbocycles. The lowest BCUT2D eigenvalue weighted by Gasteiger charge is -2.37. The molecule has 6 rings (SSSR count). The predicted octanol–water partition coefficient (Wildman–Crippen LogP) is 6.76. The summed E-state index contributed by atoms with van der Waals surface area (Å²) in [6, 6.07) is 17.0. The molecule has 9 heteroatoms. The molecule has 0 aliphatic heterocycles. The van der Waals surface area contributed by atoms with Crippen molar-refractivity contribution in [3.8, 4) is 51.6 Å². The molecule has 0 amide bonds. The van der Waals surface area contributed by atoms with Gasteiger partial charge in [-0.1, -0.05) is 29.8 Å². The van der Waals surface area contributed by atoms with Crippen LogP contribution in [0, 0.1) is 5.92 Å². The lowest BCUT2D eigenvalue weighted by molar-refractivity contribution is 0.0876. The van der Waals surface area contributed by atoms with Crippen molar-refractivity contribution in [3.63, 3.8) is 0 Å². The first-order valence-corrected chi connectivity index (χ1v) is 13.5. The molecule has 1 aliphatic carbocycles. The van der Waals surface area contributed by atoms with Gasteiger partial charge in [0.05, 0.1) is 10.9 Å². The van der Waals surface area contributed by atoms with Crippen LogP contribution in [0.2, 0.25) is 0 Å². The van der Waals surface area contributed by atoms with Gasteiger partial charge in [-0.3, -0.25) is 4.79 Å². The fourth-order valence-electron chi connectivity index (χ4n) is 6.16. The molecule has 3 atom stereocenters. The third kappa shape index (κ3) is 4.84. The minimum atomic E-state index is -1.05. The van der Waals surface area contributed by atoms with Gasteiger partial charge in [0.25, 0.3) is 0 Å². The lowest BCUT2D eigenvalue weighted by Crippen LogP contribution is -2.31. The molecule has 0 bridgehead atoms. The Balaban J connectivity index is 1.56. The fourth-order valence-corrected chi connectivity index (χ4v) is 6.16. The molecule has 0 radical (unpaired) electrons. The molecule has 0 saturated heterocycles. The van der Waals surface area contributed by atoms with Crippen LogP contribution in [0.5, 0.6) is 40.2 Å². The van der Waals surface area contributed by atoms with E-state index in [4.69, 9.17) is 4.42 Å². The van der Waals surface area contributed by atoms with Gasteiger partial charge >= 0.3 is 0 Å². The zero-order chi connectivity index (χ0) is 30.6. The predicted molar refractivity (Wildman–Crippen MR) is 158 cm³/mol. The van der Waals surface area contributed by atoms with E-state index in [1.807, 2.05) is 6.92 Å². The number of benzene rings is 4. The third-order valence-corrected chi connectivity index (χ3v) is 8.07. The van der Waals surface area contributed by atoms with Gasteiger partial charge in [0.1, 0.15) is 51.6 Å². The van der Waals surface area contributed by atoms with Gasteiger partial charge in [-0.25, -0.2) is 0 Å². The highest BCUT2D eigenvalue weighted by Crippen LogP contribution is 2.54. The molecule has 5 aromatic rings. The van der Waals surface area contributed by atoms with Crippen LogP contribution in [-0.2, 0) is 0 Å². The van der Waals surface area contributed by atoms with Gasteiger partial charge in [-0.15, -0.1) is 0 Å². The number of phenols is 7. The fraction of sp³-hybridized carbons (Fsp3) is 0.147. The van der Waals surface area contributed by atoms with Gasteiger partial charge in [-0.05, 0) is 55.3 Å². The quantitative estimate of drug-likeness (QED) is 0.0876. The van der Waals surface area contributed by atoms with Crippen molar-refractivity contribution >= 4 is 16.8 Å². The molecule has 1 aromatic heterocycles. The minimum Gasteiger partial charge on any atom is -0.508 e. The standard InChI is InChI=1S/C34H28O9/c1-16-9-23(21-7-5-19(36)12-26(21)38)31(33(41)22-8-6-20(37)13-27(22)39)25(10-16)32-28(40)15-30-24(34(32)42)14-29(43-30)17-3-2-4-18(35)11-17/h2-8,10-15,23,25,31,35-40,42H,9H2,1H3. The van der Waals surface area contributed by atoms with E-state index in [1.165, 1.54) is 48.5 Å². The van der Waals surface area contributed by atoms with E-state index in [-0.39, 0.29) is 56.6 Å². The molecule has 218 valence electrons. The first-order chi connectivity index (χ1) is 20.5. The third-order valence-electron chi connectivity index (χ3n) is 8.07. The summed E-state index contributed by atoms with van der Waals surface area (Å²) >= 11 is 0. The highest BCUT2D eigenvalue weighted by atomic mass is 16.3. The van der Waals surface area contributed by atoms with Crippen molar-refractivity contribution in [2.75, 3.05) is 0 Å². The number of carbonyl (C=O) groups excluding carboxylic acids is 1. The van der Waals surface area contributed by atoms with E-state index in [9.17, 15) is 40.5 Å². The summed E-state index contributed by atoms with van der Waals surface area (Å²) in [5, 5.41) is 74.3. The monoisotopic (exact) mass is 580 g/mol. The van der Waals surface area contributed by atoms with Gasteiger partial charge in [0.2, 0.25) is 0 Å². The Bertz CT molecular complexity index is 1930. The molecule has 0 spiro atoms. The molecular weight excluding hydrogens is 552 g/mol. The van der Waals surface area contributed by atoms with Crippen LogP contribution in [0.3, 0.4) is 0 Å². The van der Waals surface area contributed by atoms with Crippen molar-refractivity contribution < 1.29 is 45.0 Å².